The van der Waals surface area contributed by atoms with Gasteiger partial charge in [-0.05, 0) is 12.5 Å². The van der Waals surface area contributed by atoms with Crippen molar-refractivity contribution in [1.29, 1.82) is 0 Å². The van der Waals surface area contributed by atoms with Crippen LogP contribution in [-0.4, -0.2) is 25.7 Å². The van der Waals surface area contributed by atoms with Crippen LogP contribution in [0.25, 0.3) is 0 Å². The van der Waals surface area contributed by atoms with Crippen LogP contribution in [0.4, 0.5) is 8.78 Å². The lowest BCUT2D eigenvalue weighted by Crippen LogP contribution is -2.16. The Morgan fingerprint density at radius 3 is 2.61 bits per heavy atom. The number of carbonyl (C=O) groups excluding carboxylic acids is 1. The lowest BCUT2D eigenvalue weighted by molar-refractivity contribution is 0.0932. The molecule has 3 nitrogen and oxygen atoms in total. The van der Waals surface area contributed by atoms with Crippen molar-refractivity contribution in [3.8, 4) is 0 Å². The second-order valence-corrected chi connectivity index (χ2v) is 6.62. The van der Waals surface area contributed by atoms with Gasteiger partial charge in [-0.25, -0.2) is 17.2 Å². The molecule has 0 radical (unpaired) electrons. The van der Waals surface area contributed by atoms with E-state index in [0.29, 0.717) is 0 Å². The number of benzene rings is 1. The van der Waals surface area contributed by atoms with Crippen LogP contribution in [0.3, 0.4) is 0 Å². The molecule has 0 bridgehead atoms. The van der Waals surface area contributed by atoms with Gasteiger partial charge in [-0.3, -0.25) is 4.79 Å². The zero-order valence-corrected chi connectivity index (χ0v) is 10.3. The molecule has 0 N–H and O–H groups in total. The largest absolute Gasteiger partial charge is 0.294 e. The van der Waals surface area contributed by atoms with Crippen molar-refractivity contribution in [2.45, 2.75) is 12.8 Å². The van der Waals surface area contributed by atoms with E-state index < -0.39 is 22.2 Å². The minimum Gasteiger partial charge on any atom is -0.294 e. The van der Waals surface area contributed by atoms with Crippen LogP contribution in [0.15, 0.2) is 24.3 Å². The summed E-state index contributed by atoms with van der Waals surface area (Å²) < 4.78 is 47.6. The van der Waals surface area contributed by atoms with E-state index >= 15 is 0 Å². The van der Waals surface area contributed by atoms with Crippen LogP contribution >= 0.6 is 0 Å². The maximum Gasteiger partial charge on any atom is 0.263 e. The number of rotatable bonds is 3. The summed E-state index contributed by atoms with van der Waals surface area (Å²) >= 11 is 0. The van der Waals surface area contributed by atoms with Crippen LogP contribution < -0.4 is 0 Å². The van der Waals surface area contributed by atoms with Gasteiger partial charge in [0.05, 0.1) is 11.5 Å². The molecule has 0 aliphatic carbocycles. The van der Waals surface area contributed by atoms with Crippen LogP contribution in [0.5, 0.6) is 0 Å². The number of alkyl halides is 2. The van der Waals surface area contributed by atoms with E-state index in [0.717, 1.165) is 6.07 Å². The molecule has 98 valence electrons. The maximum absolute atomic E-state index is 12.5. The second-order valence-electron chi connectivity index (χ2n) is 4.39. The molecule has 1 aliphatic heterocycles. The third-order valence-corrected chi connectivity index (χ3v) is 4.79. The second kappa shape index (κ2) is 4.76. The third-order valence-electron chi connectivity index (χ3n) is 3.03. The molecule has 6 heteroatoms. The number of hydrogen-bond acceptors (Lipinski definition) is 3. The first kappa shape index (κ1) is 13.1. The Hall–Kier alpha value is -1.30. The number of hydrogen-bond donors (Lipinski definition) is 0. The topological polar surface area (TPSA) is 51.2 Å². The summed E-state index contributed by atoms with van der Waals surface area (Å²) in [7, 11) is -3.14. The standard InChI is InChI=1S/C12H12F2O3S/c13-12(14)9-3-1-2-8(6-9)11(15)10-4-5-18(16,17)7-10/h1-3,6,10,12H,4-5,7H2. The molecule has 1 aliphatic rings. The van der Waals surface area contributed by atoms with Gasteiger partial charge in [-0.15, -0.1) is 0 Å². The van der Waals surface area contributed by atoms with Crippen molar-refractivity contribution in [3.63, 3.8) is 0 Å². The molecule has 1 fully saturated rings. The highest BCUT2D eigenvalue weighted by atomic mass is 32.2. The predicted octanol–water partition coefficient (Wildman–Crippen LogP) is 2.24. The summed E-state index contributed by atoms with van der Waals surface area (Å²) in [6.07, 6.45) is -2.36. The van der Waals surface area contributed by atoms with Crippen molar-refractivity contribution in [2.24, 2.45) is 5.92 Å². The van der Waals surface area contributed by atoms with Crippen LogP contribution in [0, 0.1) is 5.92 Å². The lowest BCUT2D eigenvalue weighted by Gasteiger charge is -2.08. The molecule has 1 aromatic rings. The van der Waals surface area contributed by atoms with Gasteiger partial charge in [-0.2, -0.15) is 0 Å². The Kier molecular flexibility index (Phi) is 3.47. The first-order chi connectivity index (χ1) is 8.39. The predicted molar refractivity (Wildman–Crippen MR) is 62.5 cm³/mol. The maximum atomic E-state index is 12.5. The van der Waals surface area contributed by atoms with Gasteiger partial charge in [0.1, 0.15) is 0 Å². The van der Waals surface area contributed by atoms with E-state index in [-0.39, 0.29) is 34.8 Å². The molecule has 0 spiro atoms. The number of halogens is 2. The van der Waals surface area contributed by atoms with E-state index in [9.17, 15) is 22.0 Å². The van der Waals surface area contributed by atoms with Gasteiger partial charge in [-0.1, -0.05) is 18.2 Å². The first-order valence-electron chi connectivity index (χ1n) is 5.52. The zero-order chi connectivity index (χ0) is 13.3. The molecule has 0 amide bonds. The first-order valence-corrected chi connectivity index (χ1v) is 7.34. The highest BCUT2D eigenvalue weighted by Gasteiger charge is 2.33. The van der Waals surface area contributed by atoms with E-state index in [4.69, 9.17) is 0 Å². The van der Waals surface area contributed by atoms with Crippen molar-refractivity contribution >= 4 is 15.6 Å². The zero-order valence-electron chi connectivity index (χ0n) is 9.47. The molecule has 1 heterocycles. The van der Waals surface area contributed by atoms with Crippen molar-refractivity contribution in [1.82, 2.24) is 0 Å². The fraction of sp³-hybridized carbons (Fsp3) is 0.417. The normalized spacial score (nSPS) is 22.3. The van der Waals surface area contributed by atoms with Gasteiger partial charge in [0.2, 0.25) is 0 Å². The lowest BCUT2D eigenvalue weighted by atomic mass is 9.96. The molecular weight excluding hydrogens is 262 g/mol. The SMILES string of the molecule is O=C(c1cccc(C(F)F)c1)C1CCS(=O)(=O)C1. The van der Waals surface area contributed by atoms with E-state index in [1.54, 1.807) is 0 Å². The number of carbonyl (C=O) groups is 1. The Morgan fingerprint density at radius 1 is 1.33 bits per heavy atom. The van der Waals surface area contributed by atoms with Crippen molar-refractivity contribution in [2.75, 3.05) is 11.5 Å². The fourth-order valence-electron chi connectivity index (χ4n) is 2.07. The molecule has 1 unspecified atom stereocenters. The van der Waals surface area contributed by atoms with Gasteiger partial charge < -0.3 is 0 Å². The number of Topliss-reactive ketones (excluding diaryl/α,β-unsaturated/α-hetero) is 1. The summed E-state index contributed by atoms with van der Waals surface area (Å²) in [6, 6.07) is 5.21. The summed E-state index contributed by atoms with van der Waals surface area (Å²) in [5.41, 5.74) is -0.0587. The average molecular weight is 274 g/mol. The molecule has 0 aromatic heterocycles. The van der Waals surface area contributed by atoms with Crippen LogP contribution in [-0.2, 0) is 9.84 Å². The Balaban J connectivity index is 2.22. The molecule has 1 atom stereocenters. The minimum atomic E-state index is -3.14. The fourth-order valence-corrected chi connectivity index (χ4v) is 3.81. The molecule has 18 heavy (non-hydrogen) atoms. The van der Waals surface area contributed by atoms with Crippen molar-refractivity contribution in [3.05, 3.63) is 35.4 Å². The smallest absolute Gasteiger partial charge is 0.263 e. The number of sulfone groups is 1. The van der Waals surface area contributed by atoms with Crippen molar-refractivity contribution < 1.29 is 22.0 Å². The Morgan fingerprint density at radius 2 is 2.06 bits per heavy atom. The molecule has 0 saturated carbocycles. The molecule has 2 rings (SSSR count). The average Bonchev–Trinajstić information content (AvgIpc) is 2.69. The Bertz CT molecular complexity index is 566. The highest BCUT2D eigenvalue weighted by Crippen LogP contribution is 2.25. The summed E-state index contributed by atoms with van der Waals surface area (Å²) in [5, 5.41) is 0. The summed E-state index contributed by atoms with van der Waals surface area (Å²) in [5.74, 6) is -1.13. The van der Waals surface area contributed by atoms with E-state index in [1.165, 1.54) is 18.2 Å². The van der Waals surface area contributed by atoms with Crippen LogP contribution in [0.2, 0.25) is 0 Å². The molecule has 1 aromatic carbocycles. The van der Waals surface area contributed by atoms with Gasteiger partial charge >= 0.3 is 0 Å². The van der Waals surface area contributed by atoms with Gasteiger partial charge in [0.25, 0.3) is 6.43 Å². The summed E-state index contributed by atoms with van der Waals surface area (Å²) in [6.45, 7) is 0. The van der Waals surface area contributed by atoms with E-state index in [2.05, 4.69) is 0 Å². The molecule has 1 saturated heterocycles. The highest BCUT2D eigenvalue weighted by molar-refractivity contribution is 7.91. The Labute approximate surface area is 104 Å². The monoisotopic (exact) mass is 274 g/mol. The third kappa shape index (κ3) is 2.75. The van der Waals surface area contributed by atoms with Gasteiger partial charge in [0.15, 0.2) is 15.6 Å². The number of ketones is 1. The summed E-state index contributed by atoms with van der Waals surface area (Å²) in [4.78, 5) is 12.0. The quantitative estimate of drug-likeness (QED) is 0.794. The van der Waals surface area contributed by atoms with Gasteiger partial charge in [0, 0.05) is 17.0 Å². The van der Waals surface area contributed by atoms with E-state index in [1.807, 2.05) is 0 Å². The minimum absolute atomic E-state index is 0.00204. The van der Waals surface area contributed by atoms with Crippen LogP contribution in [0.1, 0.15) is 28.8 Å². The molecular formula is C12H12F2O3S.